The first kappa shape index (κ1) is 23.4. The number of halogens is 1. The van der Waals surface area contributed by atoms with Gasteiger partial charge in [0.15, 0.2) is 0 Å². The number of hydrogen-bond donors (Lipinski definition) is 3. The molecule has 2 fully saturated rings. The van der Waals surface area contributed by atoms with Gasteiger partial charge in [0, 0.05) is 24.1 Å². The second-order valence-corrected chi connectivity index (χ2v) is 9.47. The Hall–Kier alpha value is -2.78. The van der Waals surface area contributed by atoms with Gasteiger partial charge in [0.05, 0.1) is 22.3 Å². The number of nitrogens with zero attached hydrogens (tertiary/aromatic N) is 2. The molecule has 9 nitrogen and oxygen atoms in total. The Morgan fingerprint density at radius 2 is 1.97 bits per heavy atom. The van der Waals surface area contributed by atoms with E-state index in [1.54, 1.807) is 0 Å². The van der Waals surface area contributed by atoms with E-state index in [0.717, 1.165) is 43.7 Å². The van der Waals surface area contributed by atoms with Crippen LogP contribution >= 0.6 is 11.6 Å². The van der Waals surface area contributed by atoms with Crippen molar-refractivity contribution >= 4 is 35.1 Å². The SMILES string of the molecule is CC1Cc2c(N)c(Cl)cc(C(=O)N(CCC34CCCN3CCC4)/C(=C\C(=O)O)C(=O)O)c2O1. The van der Waals surface area contributed by atoms with Gasteiger partial charge in [0.2, 0.25) is 0 Å². The number of benzene rings is 1. The monoisotopic (exact) mass is 477 g/mol. The minimum absolute atomic E-state index is 0.0626. The van der Waals surface area contributed by atoms with Gasteiger partial charge in [-0.1, -0.05) is 11.6 Å². The van der Waals surface area contributed by atoms with Crippen LogP contribution in [0, 0.1) is 0 Å². The normalized spacial score (nSPS) is 21.4. The minimum atomic E-state index is -1.49. The van der Waals surface area contributed by atoms with Crippen molar-refractivity contribution in [3.63, 3.8) is 0 Å². The molecule has 1 amide bonds. The predicted molar refractivity (Wildman–Crippen MR) is 121 cm³/mol. The van der Waals surface area contributed by atoms with Crippen LogP contribution in [0.3, 0.4) is 0 Å². The number of ether oxygens (including phenoxy) is 1. The summed E-state index contributed by atoms with van der Waals surface area (Å²) in [5, 5.41) is 19.2. The van der Waals surface area contributed by atoms with E-state index in [0.29, 0.717) is 30.2 Å². The molecule has 2 saturated heterocycles. The molecule has 178 valence electrons. The van der Waals surface area contributed by atoms with Gasteiger partial charge in [0.1, 0.15) is 17.6 Å². The van der Waals surface area contributed by atoms with Gasteiger partial charge in [0.25, 0.3) is 5.91 Å². The zero-order valence-electron chi connectivity index (χ0n) is 18.5. The molecule has 1 atom stereocenters. The fourth-order valence-electron chi connectivity index (χ4n) is 5.53. The van der Waals surface area contributed by atoms with Crippen LogP contribution in [0.2, 0.25) is 5.02 Å². The van der Waals surface area contributed by atoms with Crippen LogP contribution < -0.4 is 10.5 Å². The van der Waals surface area contributed by atoms with E-state index in [1.165, 1.54) is 6.07 Å². The maximum absolute atomic E-state index is 13.7. The fraction of sp³-hybridized carbons (Fsp3) is 0.522. The van der Waals surface area contributed by atoms with Crippen molar-refractivity contribution in [1.29, 1.82) is 0 Å². The molecule has 0 radical (unpaired) electrons. The number of carbonyl (C=O) groups is 3. The van der Waals surface area contributed by atoms with E-state index in [2.05, 4.69) is 4.90 Å². The molecule has 0 aromatic heterocycles. The average Bonchev–Trinajstić information content (AvgIpc) is 3.43. The summed E-state index contributed by atoms with van der Waals surface area (Å²) in [5.41, 5.74) is 6.42. The maximum atomic E-state index is 13.7. The second-order valence-electron chi connectivity index (χ2n) is 9.06. The van der Waals surface area contributed by atoms with Crippen molar-refractivity contribution in [3.05, 3.63) is 34.0 Å². The van der Waals surface area contributed by atoms with Crippen LogP contribution in [0.15, 0.2) is 17.8 Å². The number of carbonyl (C=O) groups excluding carboxylic acids is 1. The predicted octanol–water partition coefficient (Wildman–Crippen LogP) is 2.76. The molecule has 4 N–H and O–H groups in total. The summed E-state index contributed by atoms with van der Waals surface area (Å²) in [7, 11) is 0. The quantitative estimate of drug-likeness (QED) is 0.403. The molecular weight excluding hydrogens is 450 g/mol. The van der Waals surface area contributed by atoms with E-state index in [4.69, 9.17) is 22.1 Å². The van der Waals surface area contributed by atoms with Gasteiger partial charge >= 0.3 is 11.9 Å². The number of amides is 1. The van der Waals surface area contributed by atoms with E-state index in [-0.39, 0.29) is 34.5 Å². The fourth-order valence-corrected chi connectivity index (χ4v) is 5.75. The third-order valence-electron chi connectivity index (χ3n) is 7.04. The second kappa shape index (κ2) is 8.87. The summed E-state index contributed by atoms with van der Waals surface area (Å²) < 4.78 is 5.83. The molecular formula is C23H28ClN3O6. The number of hydrogen-bond acceptors (Lipinski definition) is 6. The Kier molecular flexibility index (Phi) is 6.28. The first-order valence-electron chi connectivity index (χ1n) is 11.2. The van der Waals surface area contributed by atoms with Crippen LogP contribution in [0.5, 0.6) is 5.75 Å². The summed E-state index contributed by atoms with van der Waals surface area (Å²) in [6.07, 6.45) is 5.41. The number of aliphatic carboxylic acids is 2. The van der Waals surface area contributed by atoms with Crippen molar-refractivity contribution < 1.29 is 29.3 Å². The summed E-state index contributed by atoms with van der Waals surface area (Å²) in [5.74, 6) is -3.33. The Labute approximate surface area is 196 Å². The third kappa shape index (κ3) is 4.27. The number of anilines is 1. The van der Waals surface area contributed by atoms with E-state index in [9.17, 15) is 24.6 Å². The van der Waals surface area contributed by atoms with Crippen LogP contribution in [0.4, 0.5) is 5.69 Å². The first-order chi connectivity index (χ1) is 15.6. The lowest BCUT2D eigenvalue weighted by Gasteiger charge is -2.35. The van der Waals surface area contributed by atoms with Gasteiger partial charge in [-0.15, -0.1) is 0 Å². The van der Waals surface area contributed by atoms with Crippen molar-refractivity contribution in [3.8, 4) is 5.75 Å². The van der Waals surface area contributed by atoms with Crippen LogP contribution in [-0.4, -0.2) is 69.1 Å². The molecule has 3 aliphatic heterocycles. The Balaban J connectivity index is 1.73. The zero-order valence-corrected chi connectivity index (χ0v) is 19.2. The Bertz CT molecular complexity index is 1030. The van der Waals surface area contributed by atoms with Gasteiger partial charge in [-0.05, 0) is 58.2 Å². The summed E-state index contributed by atoms with van der Waals surface area (Å²) in [4.78, 5) is 40.6. The molecule has 4 rings (SSSR count). The first-order valence-corrected chi connectivity index (χ1v) is 11.5. The smallest absolute Gasteiger partial charge is 0.352 e. The van der Waals surface area contributed by atoms with Crippen molar-refractivity contribution in [1.82, 2.24) is 9.80 Å². The number of nitrogen functional groups attached to an aromatic ring is 1. The molecule has 3 heterocycles. The highest BCUT2D eigenvalue weighted by Gasteiger charge is 2.44. The van der Waals surface area contributed by atoms with Gasteiger partial charge in [-0.25, -0.2) is 9.59 Å². The van der Waals surface area contributed by atoms with Crippen LogP contribution in [0.25, 0.3) is 0 Å². The van der Waals surface area contributed by atoms with Crippen LogP contribution in [-0.2, 0) is 16.0 Å². The number of carboxylic acids is 2. The number of rotatable bonds is 7. The Morgan fingerprint density at radius 1 is 1.30 bits per heavy atom. The highest BCUT2D eigenvalue weighted by molar-refractivity contribution is 6.34. The lowest BCUT2D eigenvalue weighted by atomic mass is 9.90. The molecule has 1 aromatic carbocycles. The number of carboxylic acid groups (broad SMARTS) is 2. The lowest BCUT2D eigenvalue weighted by Crippen LogP contribution is -2.43. The summed E-state index contributed by atoms with van der Waals surface area (Å²) >= 11 is 6.29. The van der Waals surface area contributed by atoms with Crippen molar-refractivity contribution in [2.24, 2.45) is 0 Å². The highest BCUT2D eigenvalue weighted by Crippen LogP contribution is 2.43. The van der Waals surface area contributed by atoms with Gasteiger partial charge in [-0.2, -0.15) is 0 Å². The summed E-state index contributed by atoms with van der Waals surface area (Å²) in [6, 6.07) is 1.37. The standard InChI is InChI=1S/C23H28ClN3O6/c1-13-10-14-19(25)16(24)11-15(20(14)33-13)21(30)27(17(22(31)32)12-18(28)29)9-6-23-4-2-7-26(23)8-3-5-23/h11-13H,2-10,25H2,1H3,(H,28,29)(H,31,32)/b17-12-. The lowest BCUT2D eigenvalue weighted by molar-refractivity contribution is -0.136. The van der Waals surface area contributed by atoms with E-state index >= 15 is 0 Å². The van der Waals surface area contributed by atoms with Crippen LogP contribution in [0.1, 0.15) is 54.9 Å². The van der Waals surface area contributed by atoms with Crippen molar-refractivity contribution in [2.75, 3.05) is 25.4 Å². The largest absolute Gasteiger partial charge is 0.489 e. The molecule has 0 bridgehead atoms. The molecule has 0 saturated carbocycles. The molecule has 1 aromatic rings. The van der Waals surface area contributed by atoms with E-state index in [1.807, 2.05) is 6.92 Å². The Morgan fingerprint density at radius 3 is 2.58 bits per heavy atom. The minimum Gasteiger partial charge on any atom is -0.489 e. The maximum Gasteiger partial charge on any atom is 0.352 e. The molecule has 3 aliphatic rings. The molecule has 0 spiro atoms. The van der Waals surface area contributed by atoms with E-state index < -0.39 is 23.5 Å². The van der Waals surface area contributed by atoms with Gasteiger partial charge < -0.3 is 25.6 Å². The summed E-state index contributed by atoms with van der Waals surface area (Å²) in [6.45, 7) is 3.86. The number of fused-ring (bicyclic) bond motifs is 2. The average molecular weight is 478 g/mol. The van der Waals surface area contributed by atoms with Crippen molar-refractivity contribution in [2.45, 2.75) is 57.1 Å². The third-order valence-corrected chi connectivity index (χ3v) is 7.35. The molecule has 10 heteroatoms. The molecule has 33 heavy (non-hydrogen) atoms. The molecule has 1 unspecified atom stereocenters. The number of nitrogens with two attached hydrogens (primary N) is 1. The zero-order chi connectivity index (χ0) is 23.9. The molecule has 0 aliphatic carbocycles. The highest BCUT2D eigenvalue weighted by atomic mass is 35.5. The topological polar surface area (TPSA) is 133 Å². The van der Waals surface area contributed by atoms with Gasteiger partial charge in [-0.3, -0.25) is 9.69 Å².